The summed E-state index contributed by atoms with van der Waals surface area (Å²) in [6.07, 6.45) is 4.84. The van der Waals surface area contributed by atoms with Gasteiger partial charge in [-0.15, -0.1) is 5.10 Å². The summed E-state index contributed by atoms with van der Waals surface area (Å²) in [6, 6.07) is 0. The molecule has 6 heavy (non-hydrogen) atoms. The highest BCUT2D eigenvalue weighted by atomic mass is 15.3. The minimum Gasteiger partial charge on any atom is -0.246 e. The van der Waals surface area contributed by atoms with Crippen LogP contribution in [0.3, 0.4) is 0 Å². The standard InChI is InChI=1S/C3H3N3/c1-6-3-4-2-5-6/h1H3. The van der Waals surface area contributed by atoms with E-state index in [2.05, 4.69) is 22.7 Å². The normalized spacial score (nSPS) is 8.83. The molecule has 30 valence electrons. The summed E-state index contributed by atoms with van der Waals surface area (Å²) in [4.78, 5) is 3.42. The van der Waals surface area contributed by atoms with Crippen LogP contribution in [0.1, 0.15) is 0 Å². The van der Waals surface area contributed by atoms with Gasteiger partial charge in [0.05, 0.1) is 0 Å². The molecule has 1 aromatic rings. The van der Waals surface area contributed by atoms with E-state index in [1.54, 1.807) is 7.05 Å². The molecule has 0 spiro atoms. The molecular weight excluding hydrogens is 78.1 g/mol. The Morgan fingerprint density at radius 3 is 2.67 bits per heavy atom. The van der Waals surface area contributed by atoms with Crippen LogP contribution >= 0.6 is 0 Å². The molecule has 0 bridgehead atoms. The van der Waals surface area contributed by atoms with Crippen molar-refractivity contribution in [3.8, 4) is 0 Å². The van der Waals surface area contributed by atoms with Crippen LogP contribution in [0.4, 0.5) is 0 Å². The number of aromatic nitrogens is 3. The number of hydrogen-bond acceptors (Lipinski definition) is 2. The van der Waals surface area contributed by atoms with Crippen LogP contribution in [0, 0.1) is 12.7 Å². The van der Waals surface area contributed by atoms with Crippen molar-refractivity contribution in [1.29, 1.82) is 0 Å². The number of hydrogen-bond donors (Lipinski definition) is 0. The van der Waals surface area contributed by atoms with Gasteiger partial charge < -0.3 is 0 Å². The van der Waals surface area contributed by atoms with Crippen molar-refractivity contribution in [3.05, 3.63) is 12.7 Å². The minimum absolute atomic E-state index is 1.46. The Balaban J connectivity index is 3.05. The second-order valence-electron chi connectivity index (χ2n) is 0.935. The Morgan fingerprint density at radius 1 is 1.67 bits per heavy atom. The van der Waals surface area contributed by atoms with Crippen molar-refractivity contribution in [2.75, 3.05) is 0 Å². The van der Waals surface area contributed by atoms with Gasteiger partial charge >= 0.3 is 0 Å². The Hall–Kier alpha value is -0.860. The van der Waals surface area contributed by atoms with Gasteiger partial charge in [0, 0.05) is 7.05 Å². The molecule has 0 N–H and O–H groups in total. The van der Waals surface area contributed by atoms with Gasteiger partial charge in [-0.25, -0.2) is 9.67 Å². The number of nitrogens with zero attached hydrogens (tertiary/aromatic N) is 3. The van der Waals surface area contributed by atoms with Crippen molar-refractivity contribution < 1.29 is 0 Å². The molecule has 0 unspecified atom stereocenters. The number of rotatable bonds is 0. The minimum atomic E-state index is 1.46. The predicted octanol–water partition coefficient (Wildman–Crippen LogP) is -0.585. The summed E-state index contributed by atoms with van der Waals surface area (Å²) in [5.74, 6) is 0. The van der Waals surface area contributed by atoms with Crippen molar-refractivity contribution in [1.82, 2.24) is 14.8 Å². The van der Waals surface area contributed by atoms with Gasteiger partial charge in [-0.2, -0.15) is 0 Å². The van der Waals surface area contributed by atoms with E-state index >= 15 is 0 Å². The second kappa shape index (κ2) is 1.08. The summed E-state index contributed by atoms with van der Waals surface area (Å²) in [5.41, 5.74) is 0. The van der Waals surface area contributed by atoms with E-state index in [-0.39, 0.29) is 0 Å². The molecule has 0 amide bonds. The average Bonchev–Trinajstić information content (AvgIpc) is 1.86. The van der Waals surface area contributed by atoms with Gasteiger partial charge in [0.2, 0.25) is 6.33 Å². The Bertz CT molecular complexity index is 110. The van der Waals surface area contributed by atoms with E-state index in [4.69, 9.17) is 0 Å². The lowest BCUT2D eigenvalue weighted by Crippen LogP contribution is -1.84. The number of aryl methyl sites for hydroxylation is 1. The van der Waals surface area contributed by atoms with Gasteiger partial charge in [0.15, 0.2) is 6.33 Å². The highest BCUT2D eigenvalue weighted by Crippen LogP contribution is 1.61. The Labute approximate surface area is 35.6 Å². The van der Waals surface area contributed by atoms with Crippen LogP contribution in [0.15, 0.2) is 0 Å². The van der Waals surface area contributed by atoms with E-state index in [0.717, 1.165) is 0 Å². The fourth-order valence-electron chi connectivity index (χ4n) is 0.207. The van der Waals surface area contributed by atoms with Gasteiger partial charge in [0.25, 0.3) is 0 Å². The molecule has 0 atom stereocenters. The molecule has 3 heteroatoms. The molecule has 0 aliphatic carbocycles. The molecule has 1 rings (SSSR count). The fraction of sp³-hybridized carbons (Fsp3) is 0.333. The quantitative estimate of drug-likeness (QED) is 0.418. The largest absolute Gasteiger partial charge is 0.246 e. The molecule has 0 saturated carbocycles. The molecular formula is C3H3N3. The van der Waals surface area contributed by atoms with Crippen molar-refractivity contribution >= 4 is 0 Å². The molecule has 0 fully saturated rings. The Morgan fingerprint density at radius 2 is 2.50 bits per heavy atom. The maximum absolute atomic E-state index is 3.54. The summed E-state index contributed by atoms with van der Waals surface area (Å²) in [5, 5.41) is 3.54. The highest BCUT2D eigenvalue weighted by Gasteiger charge is 1.74. The smallest absolute Gasteiger partial charge is 0.221 e. The Kier molecular flexibility index (Phi) is 0.602. The molecule has 1 heterocycles. The third kappa shape index (κ3) is 0.381. The maximum Gasteiger partial charge on any atom is 0.221 e. The van der Waals surface area contributed by atoms with Crippen molar-refractivity contribution in [2.24, 2.45) is 7.05 Å². The van der Waals surface area contributed by atoms with E-state index in [1.807, 2.05) is 0 Å². The summed E-state index contributed by atoms with van der Waals surface area (Å²) < 4.78 is 1.46. The first-order valence-corrected chi connectivity index (χ1v) is 1.54. The zero-order valence-corrected chi connectivity index (χ0v) is 3.34. The average molecular weight is 81.1 g/mol. The molecule has 0 aromatic carbocycles. The second-order valence-corrected chi connectivity index (χ2v) is 0.935. The zero-order valence-electron chi connectivity index (χ0n) is 3.34. The van der Waals surface area contributed by atoms with Gasteiger partial charge in [0.1, 0.15) is 0 Å². The van der Waals surface area contributed by atoms with Crippen LogP contribution in [-0.4, -0.2) is 14.8 Å². The van der Waals surface area contributed by atoms with Gasteiger partial charge in [-0.3, -0.25) is 0 Å². The first-order valence-electron chi connectivity index (χ1n) is 1.54. The van der Waals surface area contributed by atoms with Crippen molar-refractivity contribution in [3.63, 3.8) is 0 Å². The third-order valence-electron chi connectivity index (χ3n) is 0.439. The summed E-state index contributed by atoms with van der Waals surface area (Å²) >= 11 is 0. The fourth-order valence-corrected chi connectivity index (χ4v) is 0.207. The third-order valence-corrected chi connectivity index (χ3v) is 0.439. The van der Waals surface area contributed by atoms with E-state index in [9.17, 15) is 0 Å². The first-order chi connectivity index (χ1) is 2.89. The van der Waals surface area contributed by atoms with Crippen LogP contribution in [0.5, 0.6) is 0 Å². The van der Waals surface area contributed by atoms with E-state index in [0.29, 0.717) is 0 Å². The molecule has 3 nitrogen and oxygen atoms in total. The monoisotopic (exact) mass is 81.0 g/mol. The maximum atomic E-state index is 3.54. The lowest BCUT2D eigenvalue weighted by atomic mass is 11.2. The van der Waals surface area contributed by atoms with Crippen LogP contribution in [0.2, 0.25) is 0 Å². The molecule has 0 aliphatic rings. The van der Waals surface area contributed by atoms with E-state index in [1.165, 1.54) is 4.68 Å². The summed E-state index contributed by atoms with van der Waals surface area (Å²) in [6.45, 7) is 0. The molecule has 0 saturated heterocycles. The molecule has 0 aliphatic heterocycles. The van der Waals surface area contributed by atoms with Crippen LogP contribution < -0.4 is 0 Å². The topological polar surface area (TPSA) is 30.7 Å². The lowest BCUT2D eigenvalue weighted by molar-refractivity contribution is 0.757. The van der Waals surface area contributed by atoms with Gasteiger partial charge in [-0.1, -0.05) is 0 Å². The summed E-state index contributed by atoms with van der Waals surface area (Å²) in [7, 11) is 1.74. The van der Waals surface area contributed by atoms with Crippen LogP contribution in [0.25, 0.3) is 0 Å². The SMILES string of the molecule is Cn1[c]n[c]n1. The predicted molar refractivity (Wildman–Crippen MR) is 18.7 cm³/mol. The molecule has 2 radical (unpaired) electrons. The zero-order chi connectivity index (χ0) is 4.41. The molecule has 1 aromatic heterocycles. The van der Waals surface area contributed by atoms with Crippen LogP contribution in [-0.2, 0) is 7.05 Å². The van der Waals surface area contributed by atoms with Gasteiger partial charge in [-0.05, 0) is 0 Å². The highest BCUT2D eigenvalue weighted by molar-refractivity contribution is 4.43. The lowest BCUT2D eigenvalue weighted by Gasteiger charge is -1.72. The van der Waals surface area contributed by atoms with E-state index < -0.39 is 0 Å². The van der Waals surface area contributed by atoms with Crippen molar-refractivity contribution in [2.45, 2.75) is 0 Å². The first kappa shape index (κ1) is 3.33.